The van der Waals surface area contributed by atoms with Crippen LogP contribution < -0.4 is 4.74 Å². The van der Waals surface area contributed by atoms with Crippen LogP contribution in [0.3, 0.4) is 0 Å². The highest BCUT2D eigenvalue weighted by Crippen LogP contribution is 2.28. The van der Waals surface area contributed by atoms with Crippen molar-refractivity contribution >= 4 is 17.3 Å². The summed E-state index contributed by atoms with van der Waals surface area (Å²) in [4.78, 5) is 16.7. The molecule has 0 amide bonds. The molecule has 1 aromatic heterocycles. The quantitative estimate of drug-likeness (QED) is 0.612. The van der Waals surface area contributed by atoms with Crippen molar-refractivity contribution in [3.63, 3.8) is 0 Å². The Bertz CT molecular complexity index is 638. The minimum absolute atomic E-state index is 0.0849. The first-order chi connectivity index (χ1) is 9.29. The van der Waals surface area contributed by atoms with Crippen LogP contribution in [-0.4, -0.2) is 11.0 Å². The summed E-state index contributed by atoms with van der Waals surface area (Å²) in [7, 11) is 0. The van der Waals surface area contributed by atoms with E-state index in [2.05, 4.69) is 31.8 Å². The molecule has 0 bridgehead atoms. The van der Waals surface area contributed by atoms with Gasteiger partial charge in [-0.25, -0.2) is 9.78 Å². The predicted molar refractivity (Wildman–Crippen MR) is 81.7 cm³/mol. The number of nitrogens with zero attached hydrogens (tertiary/aromatic N) is 1. The van der Waals surface area contributed by atoms with Gasteiger partial charge in [0.25, 0.3) is 0 Å². The Hall–Kier alpha value is -1.68. The van der Waals surface area contributed by atoms with Crippen molar-refractivity contribution in [1.82, 2.24) is 4.98 Å². The van der Waals surface area contributed by atoms with Gasteiger partial charge in [0, 0.05) is 0 Å². The lowest BCUT2D eigenvalue weighted by atomic mass is 9.86. The van der Waals surface area contributed by atoms with Crippen LogP contribution in [0.25, 0.3) is 0 Å². The van der Waals surface area contributed by atoms with Crippen LogP contribution in [0.15, 0.2) is 23.7 Å². The van der Waals surface area contributed by atoms with E-state index in [-0.39, 0.29) is 11.4 Å². The van der Waals surface area contributed by atoms with Crippen LogP contribution in [0.4, 0.5) is 0 Å². The highest BCUT2D eigenvalue weighted by Gasteiger charge is 2.18. The molecule has 0 saturated carbocycles. The summed E-state index contributed by atoms with van der Waals surface area (Å²) in [5.41, 5.74) is 4.64. The molecule has 2 rings (SSSR count). The molecule has 3 nitrogen and oxygen atoms in total. The molecule has 0 atom stereocenters. The second-order valence-corrected chi connectivity index (χ2v) is 6.74. The normalized spacial score (nSPS) is 11.4. The zero-order chi connectivity index (χ0) is 14.9. The lowest BCUT2D eigenvalue weighted by Crippen LogP contribution is -2.13. The SMILES string of the molecule is Cc1cc(C(C)(C)C)ccc1OC(=O)c1scnc1C. The van der Waals surface area contributed by atoms with Crippen LogP contribution in [0, 0.1) is 13.8 Å². The maximum absolute atomic E-state index is 12.1. The molecule has 0 aliphatic carbocycles. The first kappa shape index (κ1) is 14.7. The van der Waals surface area contributed by atoms with Crippen molar-refractivity contribution < 1.29 is 9.53 Å². The Morgan fingerprint density at radius 1 is 1.25 bits per heavy atom. The van der Waals surface area contributed by atoms with Crippen molar-refractivity contribution in [1.29, 1.82) is 0 Å². The van der Waals surface area contributed by atoms with Gasteiger partial charge in [-0.1, -0.05) is 32.9 Å². The van der Waals surface area contributed by atoms with Gasteiger partial charge in [-0.05, 0) is 36.5 Å². The van der Waals surface area contributed by atoms with Gasteiger partial charge in [0.2, 0.25) is 0 Å². The van der Waals surface area contributed by atoms with Gasteiger partial charge in [-0.2, -0.15) is 0 Å². The number of carbonyl (C=O) groups is 1. The molecule has 0 radical (unpaired) electrons. The maximum atomic E-state index is 12.1. The van der Waals surface area contributed by atoms with E-state index in [0.717, 1.165) is 5.56 Å². The number of rotatable bonds is 2. The summed E-state index contributed by atoms with van der Waals surface area (Å²) >= 11 is 1.30. The molecule has 4 heteroatoms. The van der Waals surface area contributed by atoms with E-state index in [1.807, 2.05) is 26.0 Å². The molecule has 0 saturated heterocycles. The van der Waals surface area contributed by atoms with Crippen LogP contribution in [0.1, 0.15) is 47.3 Å². The van der Waals surface area contributed by atoms with Crippen molar-refractivity contribution in [2.24, 2.45) is 0 Å². The first-order valence-corrected chi connectivity index (χ1v) is 7.40. The standard InChI is InChI=1S/C16H19NO2S/c1-10-8-12(16(3,4)5)6-7-13(10)19-15(18)14-11(2)17-9-20-14/h6-9H,1-5H3. The lowest BCUT2D eigenvalue weighted by Gasteiger charge is -2.20. The molecule has 0 spiro atoms. The Morgan fingerprint density at radius 3 is 2.45 bits per heavy atom. The predicted octanol–water partition coefficient (Wildman–Crippen LogP) is 4.28. The lowest BCUT2D eigenvalue weighted by molar-refractivity contribution is 0.0737. The van der Waals surface area contributed by atoms with E-state index in [4.69, 9.17) is 4.74 Å². The molecular weight excluding hydrogens is 270 g/mol. The molecule has 1 aromatic carbocycles. The topological polar surface area (TPSA) is 39.2 Å². The van der Waals surface area contributed by atoms with Crippen LogP contribution >= 0.6 is 11.3 Å². The fourth-order valence-corrected chi connectivity index (χ4v) is 2.55. The minimum Gasteiger partial charge on any atom is -0.422 e. The summed E-state index contributed by atoms with van der Waals surface area (Å²) in [6, 6.07) is 5.95. The van der Waals surface area contributed by atoms with Crippen molar-refractivity contribution in [3.8, 4) is 5.75 Å². The van der Waals surface area contributed by atoms with Crippen LogP contribution in [0.5, 0.6) is 5.75 Å². The van der Waals surface area contributed by atoms with Crippen molar-refractivity contribution in [2.75, 3.05) is 0 Å². The number of aromatic nitrogens is 1. The molecule has 2 aromatic rings. The van der Waals surface area contributed by atoms with Gasteiger partial charge in [0.15, 0.2) is 0 Å². The highest BCUT2D eigenvalue weighted by atomic mass is 32.1. The molecule has 1 heterocycles. The summed E-state index contributed by atoms with van der Waals surface area (Å²) in [5, 5.41) is 0. The Kier molecular flexibility index (Phi) is 3.95. The van der Waals surface area contributed by atoms with E-state index >= 15 is 0 Å². The van der Waals surface area contributed by atoms with Crippen molar-refractivity contribution in [3.05, 3.63) is 45.4 Å². The average Bonchev–Trinajstić information content (AvgIpc) is 2.76. The third-order valence-corrected chi connectivity index (χ3v) is 4.08. The van der Waals surface area contributed by atoms with Crippen molar-refractivity contribution in [2.45, 2.75) is 40.0 Å². The molecule has 0 aliphatic rings. The van der Waals surface area contributed by atoms with Gasteiger partial charge >= 0.3 is 5.97 Å². The molecular formula is C16H19NO2S. The van der Waals surface area contributed by atoms with Gasteiger partial charge in [-0.3, -0.25) is 0 Å². The van der Waals surface area contributed by atoms with Gasteiger partial charge in [-0.15, -0.1) is 11.3 Å². The molecule has 0 N–H and O–H groups in total. The third kappa shape index (κ3) is 3.07. The molecule has 20 heavy (non-hydrogen) atoms. The second-order valence-electron chi connectivity index (χ2n) is 5.89. The monoisotopic (exact) mass is 289 g/mol. The van der Waals surface area contributed by atoms with Crippen LogP contribution in [0.2, 0.25) is 0 Å². The number of thiazole rings is 1. The largest absolute Gasteiger partial charge is 0.422 e. The molecule has 0 unspecified atom stereocenters. The van der Waals surface area contributed by atoms with E-state index in [1.54, 1.807) is 5.51 Å². The third-order valence-electron chi connectivity index (χ3n) is 3.17. The fourth-order valence-electron chi connectivity index (χ4n) is 1.87. The van der Waals surface area contributed by atoms with Crippen LogP contribution in [-0.2, 0) is 5.41 Å². The van der Waals surface area contributed by atoms with Gasteiger partial charge in [0.1, 0.15) is 10.6 Å². The maximum Gasteiger partial charge on any atom is 0.355 e. The highest BCUT2D eigenvalue weighted by molar-refractivity contribution is 7.11. The molecule has 106 valence electrons. The number of hydrogen-bond donors (Lipinski definition) is 0. The number of esters is 1. The minimum atomic E-state index is -0.336. The first-order valence-electron chi connectivity index (χ1n) is 6.52. The smallest absolute Gasteiger partial charge is 0.355 e. The Morgan fingerprint density at radius 2 is 1.95 bits per heavy atom. The van der Waals surface area contributed by atoms with E-state index in [0.29, 0.717) is 16.3 Å². The number of hydrogen-bond acceptors (Lipinski definition) is 4. The number of benzene rings is 1. The fraction of sp³-hybridized carbons (Fsp3) is 0.375. The van der Waals surface area contributed by atoms with E-state index < -0.39 is 0 Å². The van der Waals surface area contributed by atoms with Gasteiger partial charge < -0.3 is 4.74 Å². The number of carbonyl (C=O) groups excluding carboxylic acids is 1. The summed E-state index contributed by atoms with van der Waals surface area (Å²) in [6.45, 7) is 10.2. The Balaban J connectivity index is 2.23. The number of ether oxygens (including phenoxy) is 1. The van der Waals surface area contributed by atoms with Gasteiger partial charge in [0.05, 0.1) is 11.2 Å². The summed E-state index contributed by atoms with van der Waals surface area (Å²) in [5.74, 6) is 0.271. The zero-order valence-electron chi connectivity index (χ0n) is 12.5. The summed E-state index contributed by atoms with van der Waals surface area (Å²) < 4.78 is 5.47. The Labute approximate surface area is 123 Å². The summed E-state index contributed by atoms with van der Waals surface area (Å²) in [6.07, 6.45) is 0. The average molecular weight is 289 g/mol. The van der Waals surface area contributed by atoms with E-state index in [9.17, 15) is 4.79 Å². The zero-order valence-corrected chi connectivity index (χ0v) is 13.3. The van der Waals surface area contributed by atoms with E-state index in [1.165, 1.54) is 16.9 Å². The number of aryl methyl sites for hydroxylation is 2. The molecule has 0 fully saturated rings. The second kappa shape index (κ2) is 5.37. The molecule has 0 aliphatic heterocycles.